The summed E-state index contributed by atoms with van der Waals surface area (Å²) >= 11 is 3.22. The topological polar surface area (TPSA) is 57.2 Å². The number of aryl methyl sites for hydroxylation is 1. The van der Waals surface area contributed by atoms with Crippen LogP contribution in [-0.2, 0) is 18.4 Å². The van der Waals surface area contributed by atoms with Crippen LogP contribution >= 0.6 is 15.9 Å². The van der Waals surface area contributed by atoms with E-state index >= 15 is 0 Å². The van der Waals surface area contributed by atoms with E-state index in [1.165, 1.54) is 12.1 Å². The summed E-state index contributed by atoms with van der Waals surface area (Å²) in [5.74, 6) is -0.826. The van der Waals surface area contributed by atoms with Crippen LogP contribution in [0.15, 0.2) is 34.9 Å². The molecule has 0 fully saturated rings. The second-order valence-corrected chi connectivity index (χ2v) is 4.94. The SMILES string of the molecule is Cn1cc(N)cc1C(=O)OCc1ccc(F)cc1Br. The first-order valence-electron chi connectivity index (χ1n) is 5.50. The Bertz CT molecular complexity index is 625. The van der Waals surface area contributed by atoms with E-state index < -0.39 is 5.97 Å². The van der Waals surface area contributed by atoms with Crippen molar-refractivity contribution >= 4 is 27.6 Å². The number of hydrogen-bond acceptors (Lipinski definition) is 3. The molecular formula is C13H12BrFN2O2. The molecule has 2 aromatic rings. The van der Waals surface area contributed by atoms with E-state index in [0.717, 1.165) is 0 Å². The standard InChI is InChI=1S/C13H12BrFN2O2/c1-17-6-10(16)5-12(17)13(18)19-7-8-2-3-9(15)4-11(8)14/h2-6H,7,16H2,1H3. The molecule has 1 aromatic heterocycles. The summed E-state index contributed by atoms with van der Waals surface area (Å²) in [6, 6.07) is 5.74. The zero-order valence-corrected chi connectivity index (χ0v) is 11.8. The number of rotatable bonds is 3. The van der Waals surface area contributed by atoms with Crippen LogP contribution in [0.2, 0.25) is 0 Å². The summed E-state index contributed by atoms with van der Waals surface area (Å²) < 4.78 is 20.2. The first-order chi connectivity index (χ1) is 8.97. The summed E-state index contributed by atoms with van der Waals surface area (Å²) in [4.78, 5) is 11.8. The molecule has 0 bridgehead atoms. The van der Waals surface area contributed by atoms with Gasteiger partial charge in [0.1, 0.15) is 18.1 Å². The highest BCUT2D eigenvalue weighted by molar-refractivity contribution is 9.10. The quantitative estimate of drug-likeness (QED) is 0.882. The Morgan fingerprint density at radius 2 is 2.21 bits per heavy atom. The molecule has 0 radical (unpaired) electrons. The number of aromatic nitrogens is 1. The fourth-order valence-electron chi connectivity index (χ4n) is 1.65. The number of benzene rings is 1. The maximum absolute atomic E-state index is 12.9. The number of carbonyl (C=O) groups excluding carboxylic acids is 1. The van der Waals surface area contributed by atoms with Crippen molar-refractivity contribution in [3.8, 4) is 0 Å². The molecule has 100 valence electrons. The van der Waals surface area contributed by atoms with Crippen molar-refractivity contribution in [3.63, 3.8) is 0 Å². The van der Waals surface area contributed by atoms with Gasteiger partial charge < -0.3 is 15.0 Å². The Labute approximate surface area is 118 Å². The third-order valence-electron chi connectivity index (χ3n) is 2.61. The van der Waals surface area contributed by atoms with Crippen molar-refractivity contribution in [2.75, 3.05) is 5.73 Å². The van der Waals surface area contributed by atoms with Gasteiger partial charge in [0.15, 0.2) is 0 Å². The van der Waals surface area contributed by atoms with Crippen molar-refractivity contribution in [1.82, 2.24) is 4.57 Å². The molecule has 0 amide bonds. The fraction of sp³-hybridized carbons (Fsp3) is 0.154. The van der Waals surface area contributed by atoms with Gasteiger partial charge in [-0.2, -0.15) is 0 Å². The summed E-state index contributed by atoms with van der Waals surface area (Å²) in [6.45, 7) is 0.0603. The highest BCUT2D eigenvalue weighted by Gasteiger charge is 2.13. The van der Waals surface area contributed by atoms with Crippen molar-refractivity contribution < 1.29 is 13.9 Å². The highest BCUT2D eigenvalue weighted by Crippen LogP contribution is 2.19. The van der Waals surface area contributed by atoms with Crippen molar-refractivity contribution in [2.45, 2.75) is 6.61 Å². The molecule has 0 unspecified atom stereocenters. The van der Waals surface area contributed by atoms with E-state index in [9.17, 15) is 9.18 Å². The van der Waals surface area contributed by atoms with Crippen LogP contribution in [0.25, 0.3) is 0 Å². The summed E-state index contributed by atoms with van der Waals surface area (Å²) in [5, 5.41) is 0. The number of nitrogens with two attached hydrogens (primary N) is 1. The van der Waals surface area contributed by atoms with Gasteiger partial charge in [-0.1, -0.05) is 22.0 Å². The Kier molecular flexibility index (Phi) is 3.90. The van der Waals surface area contributed by atoms with Gasteiger partial charge in [0.05, 0.1) is 5.69 Å². The third kappa shape index (κ3) is 3.14. The lowest BCUT2D eigenvalue weighted by Crippen LogP contribution is -2.09. The Hall–Kier alpha value is -1.82. The van der Waals surface area contributed by atoms with E-state index in [0.29, 0.717) is 21.4 Å². The first kappa shape index (κ1) is 13.6. The van der Waals surface area contributed by atoms with Crippen LogP contribution in [0, 0.1) is 5.82 Å². The number of esters is 1. The zero-order chi connectivity index (χ0) is 14.0. The molecule has 2 N–H and O–H groups in total. The van der Waals surface area contributed by atoms with E-state index in [1.54, 1.807) is 29.9 Å². The molecule has 4 nitrogen and oxygen atoms in total. The smallest absolute Gasteiger partial charge is 0.355 e. The number of nitrogens with zero attached hydrogens (tertiary/aromatic N) is 1. The molecule has 6 heteroatoms. The minimum atomic E-state index is -0.476. The van der Waals surface area contributed by atoms with Gasteiger partial charge in [0, 0.05) is 23.3 Å². The molecule has 0 atom stereocenters. The molecule has 0 spiro atoms. The average molecular weight is 327 g/mol. The molecule has 0 aliphatic heterocycles. The van der Waals surface area contributed by atoms with Crippen LogP contribution in [-0.4, -0.2) is 10.5 Å². The predicted molar refractivity (Wildman–Crippen MR) is 73.0 cm³/mol. The molecule has 0 saturated carbocycles. The Morgan fingerprint density at radius 1 is 1.47 bits per heavy atom. The van der Waals surface area contributed by atoms with Crippen LogP contribution < -0.4 is 5.73 Å². The van der Waals surface area contributed by atoms with Gasteiger partial charge in [-0.3, -0.25) is 0 Å². The lowest BCUT2D eigenvalue weighted by atomic mass is 10.2. The van der Waals surface area contributed by atoms with E-state index in [1.807, 2.05) is 0 Å². The van der Waals surface area contributed by atoms with Crippen molar-refractivity contribution in [3.05, 3.63) is 52.0 Å². The minimum Gasteiger partial charge on any atom is -0.456 e. The highest BCUT2D eigenvalue weighted by atomic mass is 79.9. The maximum atomic E-state index is 12.9. The van der Waals surface area contributed by atoms with Crippen LogP contribution in [0.4, 0.5) is 10.1 Å². The van der Waals surface area contributed by atoms with E-state index in [2.05, 4.69) is 15.9 Å². The molecule has 0 saturated heterocycles. The van der Waals surface area contributed by atoms with Gasteiger partial charge in [0.25, 0.3) is 0 Å². The number of carbonyl (C=O) groups is 1. The first-order valence-corrected chi connectivity index (χ1v) is 6.29. The van der Waals surface area contributed by atoms with Crippen LogP contribution in [0.5, 0.6) is 0 Å². The molecule has 1 heterocycles. The average Bonchev–Trinajstić information content (AvgIpc) is 2.67. The largest absolute Gasteiger partial charge is 0.456 e. The van der Waals surface area contributed by atoms with Gasteiger partial charge in [0.2, 0.25) is 0 Å². The molecule has 19 heavy (non-hydrogen) atoms. The monoisotopic (exact) mass is 326 g/mol. The third-order valence-corrected chi connectivity index (χ3v) is 3.35. The van der Waals surface area contributed by atoms with Gasteiger partial charge in [-0.25, -0.2) is 9.18 Å². The minimum absolute atomic E-state index is 0.0603. The maximum Gasteiger partial charge on any atom is 0.355 e. The number of ether oxygens (including phenoxy) is 1. The van der Waals surface area contributed by atoms with E-state index in [-0.39, 0.29) is 12.4 Å². The lowest BCUT2D eigenvalue weighted by molar-refractivity contribution is 0.0460. The lowest BCUT2D eigenvalue weighted by Gasteiger charge is -2.07. The van der Waals surface area contributed by atoms with Crippen LogP contribution in [0.3, 0.4) is 0 Å². The Balaban J connectivity index is 2.06. The second-order valence-electron chi connectivity index (χ2n) is 4.08. The number of anilines is 1. The molecule has 0 aliphatic rings. The normalized spacial score (nSPS) is 10.5. The zero-order valence-electron chi connectivity index (χ0n) is 10.2. The predicted octanol–water partition coefficient (Wildman–Crippen LogP) is 2.87. The summed E-state index contributed by atoms with van der Waals surface area (Å²) in [6.07, 6.45) is 1.63. The van der Waals surface area contributed by atoms with Crippen molar-refractivity contribution in [1.29, 1.82) is 0 Å². The van der Waals surface area contributed by atoms with Gasteiger partial charge in [-0.15, -0.1) is 0 Å². The van der Waals surface area contributed by atoms with Gasteiger partial charge in [-0.05, 0) is 18.2 Å². The molecular weight excluding hydrogens is 315 g/mol. The van der Waals surface area contributed by atoms with Crippen LogP contribution in [0.1, 0.15) is 16.1 Å². The Morgan fingerprint density at radius 3 is 2.79 bits per heavy atom. The molecule has 0 aliphatic carbocycles. The summed E-state index contributed by atoms with van der Waals surface area (Å²) in [5.41, 5.74) is 7.15. The molecule has 1 aromatic carbocycles. The summed E-state index contributed by atoms with van der Waals surface area (Å²) in [7, 11) is 1.71. The number of nitrogen functional groups attached to an aromatic ring is 1. The fourth-order valence-corrected chi connectivity index (χ4v) is 2.11. The number of hydrogen-bond donors (Lipinski definition) is 1. The van der Waals surface area contributed by atoms with Gasteiger partial charge >= 0.3 is 5.97 Å². The number of halogens is 2. The van der Waals surface area contributed by atoms with Crippen molar-refractivity contribution in [2.24, 2.45) is 7.05 Å². The molecule has 2 rings (SSSR count). The van der Waals surface area contributed by atoms with E-state index in [4.69, 9.17) is 10.5 Å². The second kappa shape index (κ2) is 5.44.